The van der Waals surface area contributed by atoms with E-state index < -0.39 is 11.0 Å². The number of carbonyl (C=O) groups excluding carboxylic acids is 2. The quantitative estimate of drug-likeness (QED) is 0.242. The topological polar surface area (TPSA) is 132 Å². The van der Waals surface area contributed by atoms with Crippen LogP contribution in [0.1, 0.15) is 41.6 Å². The van der Waals surface area contributed by atoms with Crippen molar-refractivity contribution in [2.75, 3.05) is 11.1 Å². The molecule has 0 aliphatic heterocycles. The summed E-state index contributed by atoms with van der Waals surface area (Å²) in [7, 11) is 1.78. The molecule has 12 heteroatoms. The maximum absolute atomic E-state index is 12.7. The van der Waals surface area contributed by atoms with E-state index in [0.29, 0.717) is 32.8 Å². The molecule has 2 amide bonds. The van der Waals surface area contributed by atoms with E-state index in [1.54, 1.807) is 42.8 Å². The first-order valence-electron chi connectivity index (χ1n) is 10.7. The normalized spacial score (nSPS) is 11.8. The van der Waals surface area contributed by atoms with Crippen molar-refractivity contribution in [2.24, 2.45) is 13.0 Å². The Balaban J connectivity index is 1.65. The van der Waals surface area contributed by atoms with Gasteiger partial charge in [-0.15, -0.1) is 10.2 Å². The van der Waals surface area contributed by atoms with Gasteiger partial charge in [-0.25, -0.2) is 0 Å². The second kappa shape index (κ2) is 11.3. The van der Waals surface area contributed by atoms with Crippen molar-refractivity contribution < 1.29 is 14.5 Å². The molecular weight excluding hydrogens is 492 g/mol. The second-order valence-electron chi connectivity index (χ2n) is 8.20. The van der Waals surface area contributed by atoms with E-state index >= 15 is 0 Å². The zero-order chi connectivity index (χ0) is 25.7. The number of rotatable bonds is 9. The monoisotopic (exact) mass is 516 g/mol. The van der Waals surface area contributed by atoms with Gasteiger partial charge in [-0.3, -0.25) is 19.7 Å². The Bertz CT molecular complexity index is 1250. The minimum absolute atomic E-state index is 0.0282. The van der Waals surface area contributed by atoms with Crippen molar-refractivity contribution in [2.45, 2.75) is 32.0 Å². The molecule has 2 N–H and O–H groups in total. The van der Waals surface area contributed by atoms with Crippen LogP contribution in [0.2, 0.25) is 5.02 Å². The first-order valence-corrected chi connectivity index (χ1v) is 12.1. The number of hydrogen-bond acceptors (Lipinski definition) is 7. The Morgan fingerprint density at radius 1 is 1.17 bits per heavy atom. The van der Waals surface area contributed by atoms with Crippen LogP contribution in [0.5, 0.6) is 0 Å². The van der Waals surface area contributed by atoms with Crippen molar-refractivity contribution in [3.05, 3.63) is 74.6 Å². The van der Waals surface area contributed by atoms with Crippen LogP contribution >= 0.6 is 23.4 Å². The van der Waals surface area contributed by atoms with Gasteiger partial charge in [0.1, 0.15) is 0 Å². The molecule has 1 heterocycles. The summed E-state index contributed by atoms with van der Waals surface area (Å²) < 4.78 is 1.75. The van der Waals surface area contributed by atoms with Crippen molar-refractivity contribution in [3.63, 3.8) is 0 Å². The highest BCUT2D eigenvalue weighted by molar-refractivity contribution is 7.99. The Morgan fingerprint density at radius 3 is 2.46 bits per heavy atom. The Hall–Kier alpha value is -3.44. The third-order valence-corrected chi connectivity index (χ3v) is 6.51. The maximum Gasteiger partial charge on any atom is 0.269 e. The lowest BCUT2D eigenvalue weighted by Gasteiger charge is -2.21. The lowest BCUT2D eigenvalue weighted by atomic mass is 10.0. The number of nitro benzene ring substituents is 1. The first-order chi connectivity index (χ1) is 16.6. The molecule has 0 aliphatic rings. The number of anilines is 1. The maximum atomic E-state index is 12.7. The lowest BCUT2D eigenvalue weighted by molar-refractivity contribution is -0.384. The summed E-state index contributed by atoms with van der Waals surface area (Å²) in [5, 5.41) is 26.2. The smallest absolute Gasteiger partial charge is 0.269 e. The summed E-state index contributed by atoms with van der Waals surface area (Å²) in [5.74, 6) is 0.117. The largest absolute Gasteiger partial charge is 0.342 e. The minimum Gasteiger partial charge on any atom is -0.342 e. The molecule has 184 valence electrons. The van der Waals surface area contributed by atoms with Crippen LogP contribution in [0.25, 0.3) is 0 Å². The molecule has 0 bridgehead atoms. The molecule has 0 fully saturated rings. The highest BCUT2D eigenvalue weighted by Gasteiger charge is 2.25. The average Bonchev–Trinajstić information content (AvgIpc) is 3.17. The summed E-state index contributed by atoms with van der Waals surface area (Å²) >= 11 is 7.10. The number of thioether (sulfide) groups is 1. The standard InChI is InChI=1S/C23H25ClN6O4S/c1-13(2)20(26-22(32)15-5-7-16(24)8-6-15)21-27-28-23(29(21)4)35-12-19(31)25-18-10-9-17(30(33)34)11-14(18)3/h5-11,13,20H,12H2,1-4H3,(H,25,31)(H,26,32)/t20-/m0/s1. The Labute approximate surface area is 211 Å². The fourth-order valence-electron chi connectivity index (χ4n) is 3.30. The summed E-state index contributed by atoms with van der Waals surface area (Å²) in [6.45, 7) is 5.62. The number of amides is 2. The highest BCUT2D eigenvalue weighted by Crippen LogP contribution is 2.25. The zero-order valence-electron chi connectivity index (χ0n) is 19.6. The van der Waals surface area contributed by atoms with Crippen LogP contribution in [0.3, 0.4) is 0 Å². The van der Waals surface area contributed by atoms with Crippen molar-refractivity contribution in [1.82, 2.24) is 20.1 Å². The number of nitrogens with zero attached hydrogens (tertiary/aromatic N) is 4. The molecule has 0 spiro atoms. The van der Waals surface area contributed by atoms with E-state index in [4.69, 9.17) is 11.6 Å². The van der Waals surface area contributed by atoms with E-state index in [0.717, 1.165) is 0 Å². The SMILES string of the molecule is Cc1cc([N+](=O)[O-])ccc1NC(=O)CSc1nnc([C@@H](NC(=O)c2ccc(Cl)cc2)C(C)C)n1C. The highest BCUT2D eigenvalue weighted by atomic mass is 35.5. The molecule has 35 heavy (non-hydrogen) atoms. The van der Waals surface area contributed by atoms with Gasteiger partial charge in [-0.2, -0.15) is 0 Å². The van der Waals surface area contributed by atoms with Gasteiger partial charge in [0.25, 0.3) is 11.6 Å². The molecule has 0 saturated carbocycles. The molecule has 1 atom stereocenters. The lowest BCUT2D eigenvalue weighted by Crippen LogP contribution is -2.33. The fourth-order valence-corrected chi connectivity index (χ4v) is 4.14. The number of nitrogens with one attached hydrogen (secondary N) is 2. The van der Waals surface area contributed by atoms with Gasteiger partial charge in [0.15, 0.2) is 11.0 Å². The molecule has 0 radical (unpaired) electrons. The Morgan fingerprint density at radius 2 is 1.86 bits per heavy atom. The van der Waals surface area contributed by atoms with Crippen LogP contribution in [0.4, 0.5) is 11.4 Å². The second-order valence-corrected chi connectivity index (χ2v) is 9.57. The van der Waals surface area contributed by atoms with Gasteiger partial charge in [-0.05, 0) is 48.7 Å². The Kier molecular flexibility index (Phi) is 8.47. The predicted molar refractivity (Wildman–Crippen MR) is 135 cm³/mol. The number of carbonyl (C=O) groups is 2. The minimum atomic E-state index is -0.484. The number of hydrogen-bond donors (Lipinski definition) is 2. The summed E-state index contributed by atoms with van der Waals surface area (Å²) in [6, 6.07) is 10.5. The zero-order valence-corrected chi connectivity index (χ0v) is 21.2. The van der Waals surface area contributed by atoms with Crippen LogP contribution in [-0.2, 0) is 11.8 Å². The predicted octanol–water partition coefficient (Wildman–Crippen LogP) is 4.54. The fraction of sp³-hybridized carbons (Fsp3) is 0.304. The summed E-state index contributed by atoms with van der Waals surface area (Å²) in [4.78, 5) is 35.6. The van der Waals surface area contributed by atoms with Crippen LogP contribution in [0, 0.1) is 23.0 Å². The van der Waals surface area contributed by atoms with E-state index in [2.05, 4.69) is 20.8 Å². The molecule has 0 unspecified atom stereocenters. The van der Waals surface area contributed by atoms with Crippen LogP contribution < -0.4 is 10.6 Å². The molecule has 3 aromatic rings. The number of non-ortho nitro benzene ring substituents is 1. The summed E-state index contributed by atoms with van der Waals surface area (Å²) in [6.07, 6.45) is 0. The molecule has 3 rings (SSSR count). The third-order valence-electron chi connectivity index (χ3n) is 5.23. The number of aromatic nitrogens is 3. The number of nitro groups is 1. The summed E-state index contributed by atoms with van der Waals surface area (Å²) in [5.41, 5.74) is 1.54. The van der Waals surface area contributed by atoms with Gasteiger partial charge in [0.05, 0.1) is 16.7 Å². The number of benzene rings is 2. The van der Waals surface area contributed by atoms with Crippen molar-refractivity contribution >= 4 is 46.6 Å². The van der Waals surface area contributed by atoms with E-state index in [-0.39, 0.29) is 29.2 Å². The van der Waals surface area contributed by atoms with Gasteiger partial charge >= 0.3 is 0 Å². The number of aryl methyl sites for hydroxylation is 1. The average molecular weight is 517 g/mol. The van der Waals surface area contributed by atoms with E-state index in [1.165, 1.54) is 30.0 Å². The molecule has 0 saturated heterocycles. The van der Waals surface area contributed by atoms with Gasteiger partial charge < -0.3 is 15.2 Å². The van der Waals surface area contributed by atoms with Gasteiger partial charge in [0, 0.05) is 35.5 Å². The molecule has 10 nitrogen and oxygen atoms in total. The molecule has 1 aromatic heterocycles. The van der Waals surface area contributed by atoms with Crippen molar-refractivity contribution in [3.8, 4) is 0 Å². The van der Waals surface area contributed by atoms with Crippen LogP contribution in [0.15, 0.2) is 47.6 Å². The molecular formula is C23H25ClN6O4S. The van der Waals surface area contributed by atoms with Crippen LogP contribution in [-0.4, -0.2) is 37.3 Å². The van der Waals surface area contributed by atoms with Crippen molar-refractivity contribution in [1.29, 1.82) is 0 Å². The van der Waals surface area contributed by atoms with Gasteiger partial charge in [-0.1, -0.05) is 37.2 Å². The molecule has 2 aromatic carbocycles. The van der Waals surface area contributed by atoms with E-state index in [1.807, 2.05) is 13.8 Å². The van der Waals surface area contributed by atoms with E-state index in [9.17, 15) is 19.7 Å². The van der Waals surface area contributed by atoms with Gasteiger partial charge in [0.2, 0.25) is 5.91 Å². The first kappa shape index (κ1) is 26.2. The molecule has 0 aliphatic carbocycles. The number of halogens is 1. The third kappa shape index (κ3) is 6.58.